The highest BCUT2D eigenvalue weighted by Gasteiger charge is 2.54. The van der Waals surface area contributed by atoms with Gasteiger partial charge in [0.25, 0.3) is 5.91 Å². The zero-order valence-electron chi connectivity index (χ0n) is 14.5. The van der Waals surface area contributed by atoms with E-state index in [0.29, 0.717) is 13.1 Å². The molecule has 0 heterocycles. The van der Waals surface area contributed by atoms with E-state index in [1.54, 1.807) is 18.2 Å². The zero-order chi connectivity index (χ0) is 17.4. The Morgan fingerprint density at radius 3 is 2.12 bits per heavy atom. The average Bonchev–Trinajstić information content (AvgIpc) is 2.57. The Morgan fingerprint density at radius 1 is 0.960 bits per heavy atom. The van der Waals surface area contributed by atoms with Crippen LogP contribution in [0.2, 0.25) is 0 Å². The topological polar surface area (TPSA) is 78.4 Å². The fourth-order valence-corrected chi connectivity index (χ4v) is 5.69. The van der Waals surface area contributed by atoms with E-state index in [0.717, 1.165) is 37.0 Å². The lowest BCUT2D eigenvalue weighted by molar-refractivity contribution is -0.146. The molecular formula is C20H26N2O3. The molecule has 0 spiro atoms. The number of carbonyl (C=O) groups is 2. The van der Waals surface area contributed by atoms with Crippen LogP contribution in [0.15, 0.2) is 24.3 Å². The molecule has 4 aliphatic rings. The lowest BCUT2D eigenvalue weighted by atomic mass is 9.49. The quantitative estimate of drug-likeness (QED) is 0.719. The number of nitrogens with one attached hydrogen (secondary N) is 2. The van der Waals surface area contributed by atoms with Crippen molar-refractivity contribution in [3.05, 3.63) is 29.8 Å². The molecule has 4 bridgehead atoms. The van der Waals surface area contributed by atoms with Gasteiger partial charge in [-0.25, -0.2) is 0 Å². The molecule has 0 aromatic heterocycles. The minimum atomic E-state index is -0.317. The van der Waals surface area contributed by atoms with E-state index in [1.807, 2.05) is 0 Å². The number of hydrogen-bond acceptors (Lipinski definition) is 3. The zero-order valence-corrected chi connectivity index (χ0v) is 14.5. The highest BCUT2D eigenvalue weighted by Crippen LogP contribution is 2.60. The summed E-state index contributed by atoms with van der Waals surface area (Å²) < 4.78 is 0. The molecule has 4 saturated carbocycles. The Hall–Kier alpha value is -2.04. The Balaban J connectivity index is 1.27. The first-order valence-electron chi connectivity index (χ1n) is 9.40. The van der Waals surface area contributed by atoms with Crippen molar-refractivity contribution in [2.75, 3.05) is 13.1 Å². The third kappa shape index (κ3) is 3.12. The SMILES string of the molecule is O=C(NCCNC(=O)C12CC3CC(CC(C3)C1)C2)c1ccccc1O. The Labute approximate surface area is 148 Å². The number of phenolic OH excluding ortho intramolecular Hbond substituents is 1. The minimum absolute atomic E-state index is 0.0300. The van der Waals surface area contributed by atoms with E-state index in [1.165, 1.54) is 25.3 Å². The fourth-order valence-electron chi connectivity index (χ4n) is 5.69. The van der Waals surface area contributed by atoms with Crippen LogP contribution in [0.4, 0.5) is 0 Å². The van der Waals surface area contributed by atoms with E-state index in [-0.39, 0.29) is 28.5 Å². The monoisotopic (exact) mass is 342 g/mol. The summed E-state index contributed by atoms with van der Waals surface area (Å²) in [5.41, 5.74) is 0.117. The number of carbonyl (C=O) groups excluding carboxylic acids is 2. The number of aromatic hydroxyl groups is 1. The van der Waals surface area contributed by atoms with E-state index in [2.05, 4.69) is 10.6 Å². The van der Waals surface area contributed by atoms with Crippen LogP contribution < -0.4 is 10.6 Å². The largest absolute Gasteiger partial charge is 0.507 e. The van der Waals surface area contributed by atoms with Gasteiger partial charge in [0, 0.05) is 18.5 Å². The van der Waals surface area contributed by atoms with Crippen LogP contribution in [0.25, 0.3) is 0 Å². The third-order valence-corrected chi connectivity index (χ3v) is 6.36. The predicted octanol–water partition coefficient (Wildman–Crippen LogP) is 2.45. The molecule has 1 aromatic rings. The standard InChI is InChI=1S/C20H26N2O3/c23-17-4-2-1-3-16(17)18(24)21-5-6-22-19(25)20-10-13-7-14(11-20)9-15(8-13)12-20/h1-4,13-15,23H,5-12H2,(H,21,24)(H,22,25). The second-order valence-corrected chi connectivity index (χ2v) is 8.23. The predicted molar refractivity (Wildman–Crippen MR) is 94.1 cm³/mol. The van der Waals surface area contributed by atoms with E-state index < -0.39 is 0 Å². The summed E-state index contributed by atoms with van der Waals surface area (Å²) in [6.45, 7) is 0.797. The Morgan fingerprint density at radius 2 is 1.52 bits per heavy atom. The van der Waals surface area contributed by atoms with Gasteiger partial charge in [0.1, 0.15) is 5.75 Å². The number of phenols is 1. The van der Waals surface area contributed by atoms with Crippen LogP contribution in [0, 0.1) is 23.2 Å². The Bertz CT molecular complexity index is 650. The minimum Gasteiger partial charge on any atom is -0.507 e. The summed E-state index contributed by atoms with van der Waals surface area (Å²) >= 11 is 0. The first-order chi connectivity index (χ1) is 12.1. The van der Waals surface area contributed by atoms with Crippen molar-refractivity contribution in [2.24, 2.45) is 23.2 Å². The second-order valence-electron chi connectivity index (χ2n) is 8.23. The molecular weight excluding hydrogens is 316 g/mol. The summed E-state index contributed by atoms with van der Waals surface area (Å²) in [7, 11) is 0. The summed E-state index contributed by atoms with van der Waals surface area (Å²) in [6, 6.07) is 6.46. The fraction of sp³-hybridized carbons (Fsp3) is 0.600. The van der Waals surface area contributed by atoms with Gasteiger partial charge in [0.2, 0.25) is 5.91 Å². The van der Waals surface area contributed by atoms with Crippen LogP contribution in [0.5, 0.6) is 5.75 Å². The summed E-state index contributed by atoms with van der Waals surface area (Å²) in [5.74, 6) is 2.08. The molecule has 134 valence electrons. The molecule has 1 aromatic carbocycles. The first kappa shape index (κ1) is 16.4. The number of benzene rings is 1. The maximum Gasteiger partial charge on any atom is 0.255 e. The van der Waals surface area contributed by atoms with Crippen molar-refractivity contribution in [2.45, 2.75) is 38.5 Å². The van der Waals surface area contributed by atoms with Crippen LogP contribution in [0.3, 0.4) is 0 Å². The van der Waals surface area contributed by atoms with Crippen LogP contribution in [-0.2, 0) is 4.79 Å². The molecule has 25 heavy (non-hydrogen) atoms. The van der Waals surface area contributed by atoms with Gasteiger partial charge in [0.05, 0.1) is 5.56 Å². The van der Waals surface area contributed by atoms with Crippen molar-refractivity contribution < 1.29 is 14.7 Å². The molecule has 0 saturated heterocycles. The van der Waals surface area contributed by atoms with E-state index in [9.17, 15) is 14.7 Å². The smallest absolute Gasteiger partial charge is 0.255 e. The molecule has 3 N–H and O–H groups in total. The number of rotatable bonds is 5. The lowest BCUT2D eigenvalue weighted by Crippen LogP contribution is -2.54. The van der Waals surface area contributed by atoms with E-state index >= 15 is 0 Å². The molecule has 4 aliphatic carbocycles. The van der Waals surface area contributed by atoms with Crippen LogP contribution >= 0.6 is 0 Å². The highest BCUT2D eigenvalue weighted by molar-refractivity contribution is 5.96. The maximum absolute atomic E-state index is 12.8. The van der Waals surface area contributed by atoms with Gasteiger partial charge in [-0.2, -0.15) is 0 Å². The van der Waals surface area contributed by atoms with Crippen LogP contribution in [-0.4, -0.2) is 30.0 Å². The van der Waals surface area contributed by atoms with Crippen molar-refractivity contribution in [1.82, 2.24) is 10.6 Å². The van der Waals surface area contributed by atoms with E-state index in [4.69, 9.17) is 0 Å². The Kier molecular flexibility index (Phi) is 4.18. The van der Waals surface area contributed by atoms with Gasteiger partial charge in [-0.3, -0.25) is 9.59 Å². The highest BCUT2D eigenvalue weighted by atomic mass is 16.3. The second kappa shape index (κ2) is 6.36. The average molecular weight is 342 g/mol. The molecule has 5 heteroatoms. The van der Waals surface area contributed by atoms with Gasteiger partial charge >= 0.3 is 0 Å². The summed E-state index contributed by atoms with van der Waals surface area (Å²) in [5, 5.41) is 15.5. The van der Waals surface area contributed by atoms with Gasteiger partial charge in [-0.05, 0) is 68.4 Å². The van der Waals surface area contributed by atoms with Gasteiger partial charge in [-0.15, -0.1) is 0 Å². The van der Waals surface area contributed by atoms with Crippen molar-refractivity contribution in [3.63, 3.8) is 0 Å². The van der Waals surface area contributed by atoms with Gasteiger partial charge < -0.3 is 15.7 Å². The molecule has 0 radical (unpaired) electrons. The van der Waals surface area contributed by atoms with Gasteiger partial charge in [-0.1, -0.05) is 12.1 Å². The number of para-hydroxylation sites is 1. The first-order valence-corrected chi connectivity index (χ1v) is 9.40. The normalized spacial score (nSPS) is 32.4. The molecule has 0 atom stereocenters. The summed E-state index contributed by atoms with van der Waals surface area (Å²) in [4.78, 5) is 24.8. The van der Waals surface area contributed by atoms with Crippen molar-refractivity contribution in [1.29, 1.82) is 0 Å². The number of hydrogen-bond donors (Lipinski definition) is 3. The molecule has 0 aliphatic heterocycles. The molecule has 4 fully saturated rings. The number of amides is 2. The third-order valence-electron chi connectivity index (χ3n) is 6.36. The molecule has 5 rings (SSSR count). The molecule has 2 amide bonds. The molecule has 5 nitrogen and oxygen atoms in total. The maximum atomic E-state index is 12.8. The lowest BCUT2D eigenvalue weighted by Gasteiger charge is -2.55. The summed E-state index contributed by atoms with van der Waals surface area (Å²) in [6.07, 6.45) is 7.12. The van der Waals surface area contributed by atoms with Gasteiger partial charge in [0.15, 0.2) is 0 Å². The van der Waals surface area contributed by atoms with Crippen molar-refractivity contribution >= 4 is 11.8 Å². The van der Waals surface area contributed by atoms with Crippen molar-refractivity contribution in [3.8, 4) is 5.75 Å². The van der Waals surface area contributed by atoms with Crippen LogP contribution in [0.1, 0.15) is 48.9 Å². The molecule has 0 unspecified atom stereocenters.